The lowest BCUT2D eigenvalue weighted by molar-refractivity contribution is -0.123. The predicted molar refractivity (Wildman–Crippen MR) is 125 cm³/mol. The molecule has 1 fully saturated rings. The molecule has 0 bridgehead atoms. The van der Waals surface area contributed by atoms with Crippen LogP contribution in [0.4, 0.5) is 4.79 Å². The zero-order chi connectivity index (χ0) is 22.7. The summed E-state index contributed by atoms with van der Waals surface area (Å²) in [5, 5.41) is -0.302. The van der Waals surface area contributed by atoms with E-state index in [-0.39, 0.29) is 17.7 Å². The van der Waals surface area contributed by atoms with Crippen molar-refractivity contribution in [1.29, 1.82) is 0 Å². The van der Waals surface area contributed by atoms with Crippen molar-refractivity contribution in [3.8, 4) is 5.75 Å². The first-order valence-corrected chi connectivity index (χ1v) is 10.9. The van der Waals surface area contributed by atoms with E-state index in [2.05, 4.69) is 0 Å². The van der Waals surface area contributed by atoms with Gasteiger partial charge in [-0.3, -0.25) is 14.5 Å². The fourth-order valence-corrected chi connectivity index (χ4v) is 4.03. The summed E-state index contributed by atoms with van der Waals surface area (Å²) >= 11 is 0.908. The summed E-state index contributed by atoms with van der Waals surface area (Å²) in [5.74, 6) is -0.425. The Labute approximate surface area is 190 Å². The summed E-state index contributed by atoms with van der Waals surface area (Å²) in [6, 6.07) is 21.7. The van der Waals surface area contributed by atoms with Crippen molar-refractivity contribution in [2.24, 2.45) is 0 Å². The average molecular weight is 444 g/mol. The molecule has 0 atom stereocenters. The summed E-state index contributed by atoms with van der Waals surface area (Å²) in [6.45, 7) is 4.16. The molecule has 1 aliphatic heterocycles. The molecule has 3 aromatic rings. The molecule has 0 spiro atoms. The molecule has 160 valence electrons. The highest BCUT2D eigenvalue weighted by molar-refractivity contribution is 8.18. The van der Waals surface area contributed by atoms with Crippen LogP contribution in [0.5, 0.6) is 5.75 Å². The number of carbonyl (C=O) groups is 3. The zero-order valence-corrected chi connectivity index (χ0v) is 18.5. The number of aryl methyl sites for hydroxylation is 2. The van der Waals surface area contributed by atoms with E-state index in [0.29, 0.717) is 21.8 Å². The van der Waals surface area contributed by atoms with Crippen LogP contribution in [0.2, 0.25) is 0 Å². The van der Waals surface area contributed by atoms with Crippen molar-refractivity contribution in [2.45, 2.75) is 20.4 Å². The van der Waals surface area contributed by atoms with Gasteiger partial charge in [0.05, 0.1) is 17.0 Å². The second kappa shape index (κ2) is 9.24. The van der Waals surface area contributed by atoms with Crippen LogP contribution in [0.25, 0.3) is 6.08 Å². The monoisotopic (exact) mass is 443 g/mol. The van der Waals surface area contributed by atoms with Crippen LogP contribution in [-0.4, -0.2) is 22.0 Å². The second-order valence-electron chi connectivity index (χ2n) is 7.58. The van der Waals surface area contributed by atoms with Crippen LogP contribution in [-0.2, 0) is 11.3 Å². The third-order valence-corrected chi connectivity index (χ3v) is 5.90. The number of thioether (sulfide) groups is 1. The summed E-state index contributed by atoms with van der Waals surface area (Å²) in [7, 11) is 0. The van der Waals surface area contributed by atoms with Gasteiger partial charge >= 0.3 is 5.97 Å². The normalized spacial score (nSPS) is 14.8. The molecule has 3 aromatic carbocycles. The second-order valence-corrected chi connectivity index (χ2v) is 8.57. The number of hydrogen-bond acceptors (Lipinski definition) is 5. The Hall–Kier alpha value is -3.64. The summed E-state index contributed by atoms with van der Waals surface area (Å²) in [4.78, 5) is 39.1. The standard InChI is InChI=1S/C26H21NO4S/c1-17-6-10-19(11-7-17)16-27-24(28)23(32-26(27)30)15-20-4-3-5-22(14-20)31-25(29)21-12-8-18(2)9-13-21/h3-15H,16H2,1-2H3/b23-15-. The van der Waals surface area contributed by atoms with Gasteiger partial charge in [-0.1, -0.05) is 59.7 Å². The van der Waals surface area contributed by atoms with E-state index in [9.17, 15) is 14.4 Å². The van der Waals surface area contributed by atoms with Crippen LogP contribution in [0.1, 0.15) is 32.6 Å². The molecule has 1 heterocycles. The Balaban J connectivity index is 1.48. The number of nitrogens with zero attached hydrogens (tertiary/aromatic N) is 1. The maximum atomic E-state index is 12.8. The molecular weight excluding hydrogens is 422 g/mol. The Morgan fingerprint density at radius 2 is 1.59 bits per heavy atom. The largest absolute Gasteiger partial charge is 0.423 e. The van der Waals surface area contributed by atoms with E-state index >= 15 is 0 Å². The summed E-state index contributed by atoms with van der Waals surface area (Å²) in [6.07, 6.45) is 1.64. The fourth-order valence-electron chi connectivity index (χ4n) is 3.19. The lowest BCUT2D eigenvalue weighted by atomic mass is 10.1. The van der Waals surface area contributed by atoms with E-state index in [1.165, 1.54) is 4.90 Å². The first-order valence-electron chi connectivity index (χ1n) is 10.1. The van der Waals surface area contributed by atoms with Gasteiger partial charge in [0.2, 0.25) is 0 Å². The number of rotatable bonds is 5. The number of imide groups is 1. The van der Waals surface area contributed by atoms with Crippen molar-refractivity contribution >= 4 is 35.0 Å². The lowest BCUT2D eigenvalue weighted by Crippen LogP contribution is -2.27. The van der Waals surface area contributed by atoms with Crippen molar-refractivity contribution in [1.82, 2.24) is 4.90 Å². The number of benzene rings is 3. The summed E-state index contributed by atoms with van der Waals surface area (Å²) in [5.41, 5.74) is 4.19. The van der Waals surface area contributed by atoms with Crippen LogP contribution < -0.4 is 4.74 Å². The van der Waals surface area contributed by atoms with Crippen LogP contribution >= 0.6 is 11.8 Å². The van der Waals surface area contributed by atoms with Gasteiger partial charge in [0, 0.05) is 0 Å². The van der Waals surface area contributed by atoms with E-state index in [0.717, 1.165) is 28.5 Å². The minimum Gasteiger partial charge on any atom is -0.423 e. The lowest BCUT2D eigenvalue weighted by Gasteiger charge is -2.12. The van der Waals surface area contributed by atoms with E-state index in [4.69, 9.17) is 4.74 Å². The molecule has 0 saturated carbocycles. The van der Waals surface area contributed by atoms with Crippen molar-refractivity contribution in [3.63, 3.8) is 0 Å². The maximum Gasteiger partial charge on any atom is 0.343 e. The molecule has 0 aromatic heterocycles. The van der Waals surface area contributed by atoms with Crippen molar-refractivity contribution in [2.75, 3.05) is 0 Å². The number of ether oxygens (including phenoxy) is 1. The average Bonchev–Trinajstić information content (AvgIpc) is 3.03. The number of carbonyl (C=O) groups excluding carboxylic acids is 3. The third kappa shape index (κ3) is 4.98. The number of hydrogen-bond donors (Lipinski definition) is 0. The van der Waals surface area contributed by atoms with Gasteiger partial charge in [0.25, 0.3) is 11.1 Å². The third-order valence-electron chi connectivity index (χ3n) is 4.99. The fraction of sp³-hybridized carbons (Fsp3) is 0.115. The molecule has 1 aliphatic rings. The molecule has 4 rings (SSSR count). The van der Waals surface area contributed by atoms with Crippen LogP contribution in [0.3, 0.4) is 0 Å². The minimum absolute atomic E-state index is 0.233. The first kappa shape index (κ1) is 21.6. The van der Waals surface area contributed by atoms with Gasteiger partial charge in [-0.2, -0.15) is 0 Å². The van der Waals surface area contributed by atoms with E-state index in [1.54, 1.807) is 42.5 Å². The predicted octanol–water partition coefficient (Wildman–Crippen LogP) is 5.76. The summed E-state index contributed by atoms with van der Waals surface area (Å²) < 4.78 is 5.47. The van der Waals surface area contributed by atoms with Gasteiger partial charge in [-0.25, -0.2) is 4.79 Å². The highest BCUT2D eigenvalue weighted by atomic mass is 32.2. The topological polar surface area (TPSA) is 63.7 Å². The van der Waals surface area contributed by atoms with E-state index in [1.807, 2.05) is 50.2 Å². The molecule has 1 saturated heterocycles. The van der Waals surface area contributed by atoms with E-state index < -0.39 is 5.97 Å². The quantitative estimate of drug-likeness (QED) is 0.285. The van der Waals surface area contributed by atoms with Gasteiger partial charge in [-0.15, -0.1) is 0 Å². The highest BCUT2D eigenvalue weighted by Crippen LogP contribution is 2.33. The molecular formula is C26H21NO4S. The smallest absolute Gasteiger partial charge is 0.343 e. The molecule has 6 heteroatoms. The van der Waals surface area contributed by atoms with Crippen molar-refractivity contribution in [3.05, 3.63) is 106 Å². The maximum absolute atomic E-state index is 12.8. The van der Waals surface area contributed by atoms with Crippen molar-refractivity contribution < 1.29 is 19.1 Å². The first-order chi connectivity index (χ1) is 15.4. The van der Waals surface area contributed by atoms with Crippen LogP contribution in [0.15, 0.2) is 77.7 Å². The molecule has 0 unspecified atom stereocenters. The molecule has 0 N–H and O–H groups in total. The Bertz CT molecular complexity index is 1210. The Morgan fingerprint density at radius 3 is 2.28 bits per heavy atom. The highest BCUT2D eigenvalue weighted by Gasteiger charge is 2.34. The van der Waals surface area contributed by atoms with Gasteiger partial charge in [-0.05, 0) is 67.1 Å². The minimum atomic E-state index is -0.458. The molecule has 32 heavy (non-hydrogen) atoms. The van der Waals surface area contributed by atoms with Crippen LogP contribution in [0, 0.1) is 13.8 Å². The Morgan fingerprint density at radius 1 is 0.938 bits per heavy atom. The zero-order valence-electron chi connectivity index (χ0n) is 17.7. The number of esters is 1. The number of amides is 2. The van der Waals surface area contributed by atoms with Gasteiger partial charge in [0.1, 0.15) is 5.75 Å². The Kier molecular flexibility index (Phi) is 6.23. The van der Waals surface area contributed by atoms with Gasteiger partial charge in [0.15, 0.2) is 0 Å². The molecule has 0 aliphatic carbocycles. The molecule has 2 amide bonds. The molecule has 0 radical (unpaired) electrons. The molecule has 5 nitrogen and oxygen atoms in total. The SMILES string of the molecule is Cc1ccc(CN2C(=O)S/C(=C\c3cccc(OC(=O)c4ccc(C)cc4)c3)C2=O)cc1. The van der Waals surface area contributed by atoms with Gasteiger partial charge < -0.3 is 4.74 Å².